The first-order chi connectivity index (χ1) is 11.5. The Morgan fingerprint density at radius 3 is 2.71 bits per heavy atom. The van der Waals surface area contributed by atoms with Crippen LogP contribution in [-0.2, 0) is 0 Å². The lowest BCUT2D eigenvalue weighted by molar-refractivity contribution is 0.144. The van der Waals surface area contributed by atoms with E-state index in [2.05, 4.69) is 34.0 Å². The number of benzene rings is 1. The molecule has 24 heavy (non-hydrogen) atoms. The maximum Gasteiger partial charge on any atom is 0.511 e. The molecule has 0 bridgehead atoms. The first-order valence-electron chi connectivity index (χ1n) is 7.40. The fourth-order valence-electron chi connectivity index (χ4n) is 2.25. The third-order valence-electron chi connectivity index (χ3n) is 3.70. The fourth-order valence-corrected chi connectivity index (χ4v) is 2.25. The summed E-state index contributed by atoms with van der Waals surface area (Å²) in [5.41, 5.74) is 2.74. The van der Waals surface area contributed by atoms with Crippen LogP contribution in [0.2, 0.25) is 0 Å². The van der Waals surface area contributed by atoms with Crippen LogP contribution in [0, 0.1) is 0 Å². The number of hydrogen-bond acceptors (Lipinski definition) is 6. The number of anilines is 1. The number of hydrogen-bond donors (Lipinski definition) is 2. The van der Waals surface area contributed by atoms with Crippen LogP contribution in [-0.4, -0.2) is 44.5 Å². The number of carboxylic acid groups (broad SMARTS) is 1. The van der Waals surface area contributed by atoms with Crippen molar-refractivity contribution in [2.75, 3.05) is 11.9 Å². The van der Waals surface area contributed by atoms with Crippen LogP contribution in [0.3, 0.4) is 0 Å². The van der Waals surface area contributed by atoms with Crippen molar-refractivity contribution in [3.63, 3.8) is 0 Å². The van der Waals surface area contributed by atoms with Crippen molar-refractivity contribution in [2.45, 2.75) is 19.9 Å². The fraction of sp³-hybridized carbons (Fsp3) is 0.250. The standard InChI is InChI=1S/C16H17N5O3/c1-9(2)21(3)15-14(10-7-17-18-8-10)19-12-5-4-11(24-16(22)23)6-13(12)20-15/h4-9H,1-3H3,(H,17,18)(H,22,23). The van der Waals surface area contributed by atoms with Gasteiger partial charge in [-0.25, -0.2) is 14.8 Å². The Morgan fingerprint density at radius 1 is 1.29 bits per heavy atom. The number of rotatable bonds is 4. The Labute approximate surface area is 138 Å². The van der Waals surface area contributed by atoms with Gasteiger partial charge in [0.05, 0.1) is 17.2 Å². The van der Waals surface area contributed by atoms with Gasteiger partial charge in [-0.15, -0.1) is 0 Å². The summed E-state index contributed by atoms with van der Waals surface area (Å²) in [5.74, 6) is 0.893. The van der Waals surface area contributed by atoms with Gasteiger partial charge in [0, 0.05) is 30.9 Å². The summed E-state index contributed by atoms with van der Waals surface area (Å²) in [4.78, 5) is 22.0. The van der Waals surface area contributed by atoms with Crippen LogP contribution in [0.15, 0.2) is 30.6 Å². The molecule has 3 rings (SSSR count). The van der Waals surface area contributed by atoms with E-state index < -0.39 is 6.16 Å². The molecule has 0 aliphatic heterocycles. The molecule has 8 nitrogen and oxygen atoms in total. The molecule has 0 radical (unpaired) electrons. The van der Waals surface area contributed by atoms with Crippen molar-refractivity contribution in [3.8, 4) is 17.0 Å². The van der Waals surface area contributed by atoms with E-state index in [-0.39, 0.29) is 11.8 Å². The number of H-pyrrole nitrogens is 1. The zero-order valence-electron chi connectivity index (χ0n) is 13.5. The van der Waals surface area contributed by atoms with E-state index in [1.807, 2.05) is 11.9 Å². The Kier molecular flexibility index (Phi) is 4.03. The molecule has 0 amide bonds. The second kappa shape index (κ2) is 6.15. The lowest BCUT2D eigenvalue weighted by atomic mass is 10.2. The second-order valence-electron chi connectivity index (χ2n) is 5.61. The lowest BCUT2D eigenvalue weighted by Gasteiger charge is -2.24. The highest BCUT2D eigenvalue weighted by Crippen LogP contribution is 2.30. The van der Waals surface area contributed by atoms with Gasteiger partial charge in [-0.05, 0) is 26.0 Å². The summed E-state index contributed by atoms with van der Waals surface area (Å²) >= 11 is 0. The summed E-state index contributed by atoms with van der Waals surface area (Å²) in [5, 5.41) is 15.5. The Morgan fingerprint density at radius 2 is 2.08 bits per heavy atom. The van der Waals surface area contributed by atoms with E-state index >= 15 is 0 Å². The van der Waals surface area contributed by atoms with Gasteiger partial charge < -0.3 is 14.7 Å². The third-order valence-corrected chi connectivity index (χ3v) is 3.70. The summed E-state index contributed by atoms with van der Waals surface area (Å²) in [6.07, 6.45) is 2.09. The zero-order valence-corrected chi connectivity index (χ0v) is 13.5. The molecule has 2 aromatic heterocycles. The zero-order chi connectivity index (χ0) is 17.3. The monoisotopic (exact) mass is 327 g/mol. The van der Waals surface area contributed by atoms with E-state index in [0.29, 0.717) is 22.5 Å². The summed E-state index contributed by atoms with van der Waals surface area (Å²) in [6.45, 7) is 4.10. The topological polar surface area (TPSA) is 104 Å². The normalized spacial score (nSPS) is 11.0. The first-order valence-corrected chi connectivity index (χ1v) is 7.40. The molecular formula is C16H17N5O3. The molecule has 0 saturated carbocycles. The number of fused-ring (bicyclic) bond motifs is 1. The van der Waals surface area contributed by atoms with Gasteiger partial charge in [0.1, 0.15) is 11.4 Å². The number of aromatic nitrogens is 4. The molecule has 3 aromatic rings. The highest BCUT2D eigenvalue weighted by molar-refractivity contribution is 5.84. The predicted molar refractivity (Wildman–Crippen MR) is 89.3 cm³/mol. The SMILES string of the molecule is CC(C)N(C)c1nc2cc(OC(=O)O)ccc2nc1-c1cn[nH]c1. The highest BCUT2D eigenvalue weighted by atomic mass is 16.7. The minimum atomic E-state index is -1.36. The average molecular weight is 327 g/mol. The van der Waals surface area contributed by atoms with Gasteiger partial charge in [0.25, 0.3) is 0 Å². The molecule has 0 spiro atoms. The van der Waals surface area contributed by atoms with Crippen molar-refractivity contribution in [3.05, 3.63) is 30.6 Å². The number of nitrogens with one attached hydrogen (secondary N) is 1. The Bertz CT molecular complexity index is 877. The molecule has 0 saturated heterocycles. The molecule has 0 unspecified atom stereocenters. The molecule has 124 valence electrons. The van der Waals surface area contributed by atoms with E-state index in [1.54, 1.807) is 30.6 Å². The van der Waals surface area contributed by atoms with E-state index in [9.17, 15) is 4.79 Å². The van der Waals surface area contributed by atoms with Gasteiger partial charge in [-0.3, -0.25) is 5.10 Å². The number of nitrogens with zero attached hydrogens (tertiary/aromatic N) is 4. The molecule has 0 aliphatic carbocycles. The van der Waals surface area contributed by atoms with Crippen molar-refractivity contribution >= 4 is 23.0 Å². The van der Waals surface area contributed by atoms with Gasteiger partial charge in [-0.2, -0.15) is 5.10 Å². The number of ether oxygens (including phenoxy) is 1. The van der Waals surface area contributed by atoms with Crippen LogP contribution >= 0.6 is 0 Å². The van der Waals surface area contributed by atoms with Crippen molar-refractivity contribution in [1.29, 1.82) is 0 Å². The molecule has 8 heteroatoms. The minimum absolute atomic E-state index is 0.207. The lowest BCUT2D eigenvalue weighted by Crippen LogP contribution is -2.27. The molecule has 2 heterocycles. The molecule has 0 aliphatic rings. The van der Waals surface area contributed by atoms with Crippen LogP contribution < -0.4 is 9.64 Å². The Hall–Kier alpha value is -3.16. The van der Waals surface area contributed by atoms with Crippen molar-refractivity contribution in [1.82, 2.24) is 20.2 Å². The molecule has 0 atom stereocenters. The van der Waals surface area contributed by atoms with Gasteiger partial charge in [0.15, 0.2) is 5.82 Å². The maximum absolute atomic E-state index is 10.7. The van der Waals surface area contributed by atoms with Crippen LogP contribution in [0.4, 0.5) is 10.6 Å². The Balaban J connectivity index is 2.18. The average Bonchev–Trinajstić information content (AvgIpc) is 3.06. The minimum Gasteiger partial charge on any atom is -0.449 e. The first kappa shape index (κ1) is 15.7. The number of carbonyl (C=O) groups is 1. The van der Waals surface area contributed by atoms with Crippen LogP contribution in [0.5, 0.6) is 5.75 Å². The van der Waals surface area contributed by atoms with Gasteiger partial charge in [-0.1, -0.05) is 0 Å². The highest BCUT2D eigenvalue weighted by Gasteiger charge is 2.18. The van der Waals surface area contributed by atoms with E-state index in [1.165, 1.54) is 0 Å². The van der Waals surface area contributed by atoms with Crippen LogP contribution in [0.1, 0.15) is 13.8 Å². The van der Waals surface area contributed by atoms with Crippen molar-refractivity contribution in [2.24, 2.45) is 0 Å². The van der Waals surface area contributed by atoms with Gasteiger partial charge >= 0.3 is 6.16 Å². The largest absolute Gasteiger partial charge is 0.511 e. The second-order valence-corrected chi connectivity index (χ2v) is 5.61. The predicted octanol–water partition coefficient (Wildman–Crippen LogP) is 2.92. The van der Waals surface area contributed by atoms with Crippen molar-refractivity contribution < 1.29 is 14.6 Å². The molecular weight excluding hydrogens is 310 g/mol. The van der Waals surface area contributed by atoms with E-state index in [0.717, 1.165) is 5.56 Å². The van der Waals surface area contributed by atoms with Gasteiger partial charge in [0.2, 0.25) is 0 Å². The van der Waals surface area contributed by atoms with Crippen LogP contribution in [0.25, 0.3) is 22.3 Å². The summed E-state index contributed by atoms with van der Waals surface area (Å²) in [6, 6.07) is 5.01. The maximum atomic E-state index is 10.7. The van der Waals surface area contributed by atoms with E-state index in [4.69, 9.17) is 9.84 Å². The third kappa shape index (κ3) is 2.98. The summed E-state index contributed by atoms with van der Waals surface area (Å²) in [7, 11) is 1.93. The molecule has 1 aromatic carbocycles. The quantitative estimate of drug-likeness (QED) is 0.560. The smallest absolute Gasteiger partial charge is 0.449 e. The number of aromatic amines is 1. The summed E-state index contributed by atoms with van der Waals surface area (Å²) < 4.78 is 4.69. The molecule has 0 fully saturated rings. The molecule has 2 N–H and O–H groups in total.